The topological polar surface area (TPSA) is 12.0 Å². The fraction of sp³-hybridized carbons (Fsp3) is 0.500. The SMILES string of the molecule is CCC(C)NC(C)c1cccc(Br)c1. The van der Waals surface area contributed by atoms with E-state index in [1.165, 1.54) is 12.0 Å². The van der Waals surface area contributed by atoms with Crippen LogP contribution in [0.4, 0.5) is 0 Å². The highest BCUT2D eigenvalue weighted by Gasteiger charge is 2.07. The largest absolute Gasteiger partial charge is 0.308 e. The van der Waals surface area contributed by atoms with Crippen LogP contribution in [0.5, 0.6) is 0 Å². The molecule has 2 heteroatoms. The van der Waals surface area contributed by atoms with Gasteiger partial charge in [-0.2, -0.15) is 0 Å². The Morgan fingerprint density at radius 1 is 1.36 bits per heavy atom. The molecular weight excluding hydrogens is 238 g/mol. The summed E-state index contributed by atoms with van der Waals surface area (Å²) in [6, 6.07) is 9.45. The summed E-state index contributed by atoms with van der Waals surface area (Å²) in [6.07, 6.45) is 1.17. The van der Waals surface area contributed by atoms with Gasteiger partial charge in [0, 0.05) is 16.6 Å². The summed E-state index contributed by atoms with van der Waals surface area (Å²) in [6.45, 7) is 6.62. The quantitative estimate of drug-likeness (QED) is 0.861. The summed E-state index contributed by atoms with van der Waals surface area (Å²) in [4.78, 5) is 0. The lowest BCUT2D eigenvalue weighted by Crippen LogP contribution is -2.28. The lowest BCUT2D eigenvalue weighted by molar-refractivity contribution is 0.469. The fourth-order valence-electron chi connectivity index (χ4n) is 1.42. The molecule has 14 heavy (non-hydrogen) atoms. The number of hydrogen-bond acceptors (Lipinski definition) is 1. The van der Waals surface area contributed by atoms with Crippen LogP contribution in [-0.4, -0.2) is 6.04 Å². The highest BCUT2D eigenvalue weighted by atomic mass is 79.9. The Kier molecular flexibility index (Phi) is 4.63. The molecule has 1 rings (SSSR count). The van der Waals surface area contributed by atoms with Gasteiger partial charge in [-0.25, -0.2) is 0 Å². The highest BCUT2D eigenvalue weighted by Crippen LogP contribution is 2.18. The summed E-state index contributed by atoms with van der Waals surface area (Å²) in [5, 5.41) is 3.55. The van der Waals surface area contributed by atoms with Crippen LogP contribution in [0.3, 0.4) is 0 Å². The highest BCUT2D eigenvalue weighted by molar-refractivity contribution is 9.10. The molecule has 0 aromatic heterocycles. The van der Waals surface area contributed by atoms with Crippen LogP contribution < -0.4 is 5.32 Å². The minimum Gasteiger partial charge on any atom is -0.308 e. The predicted octanol–water partition coefficient (Wildman–Crippen LogP) is 3.90. The summed E-state index contributed by atoms with van der Waals surface area (Å²) in [5.41, 5.74) is 1.33. The van der Waals surface area contributed by atoms with Crippen molar-refractivity contribution in [3.63, 3.8) is 0 Å². The third-order valence-corrected chi connectivity index (χ3v) is 2.99. The Morgan fingerprint density at radius 3 is 2.64 bits per heavy atom. The maximum Gasteiger partial charge on any atom is 0.0294 e. The van der Waals surface area contributed by atoms with Gasteiger partial charge in [-0.1, -0.05) is 35.0 Å². The third-order valence-electron chi connectivity index (χ3n) is 2.50. The minimum absolute atomic E-state index is 0.419. The Balaban J connectivity index is 2.64. The number of halogens is 1. The van der Waals surface area contributed by atoms with Gasteiger partial charge < -0.3 is 5.32 Å². The van der Waals surface area contributed by atoms with Crippen molar-refractivity contribution in [1.82, 2.24) is 5.32 Å². The van der Waals surface area contributed by atoms with Crippen molar-refractivity contribution in [2.75, 3.05) is 0 Å². The molecule has 0 aliphatic heterocycles. The van der Waals surface area contributed by atoms with Crippen LogP contribution in [0, 0.1) is 0 Å². The Hall–Kier alpha value is -0.340. The van der Waals surface area contributed by atoms with Crippen molar-refractivity contribution in [2.24, 2.45) is 0 Å². The molecule has 78 valence electrons. The van der Waals surface area contributed by atoms with Crippen LogP contribution in [0.1, 0.15) is 38.8 Å². The van der Waals surface area contributed by atoms with E-state index in [2.05, 4.69) is 66.3 Å². The van der Waals surface area contributed by atoms with Gasteiger partial charge in [0.25, 0.3) is 0 Å². The van der Waals surface area contributed by atoms with Crippen molar-refractivity contribution < 1.29 is 0 Å². The van der Waals surface area contributed by atoms with Crippen molar-refractivity contribution in [3.05, 3.63) is 34.3 Å². The molecule has 0 spiro atoms. The monoisotopic (exact) mass is 255 g/mol. The first-order valence-electron chi connectivity index (χ1n) is 5.15. The van der Waals surface area contributed by atoms with E-state index in [4.69, 9.17) is 0 Å². The zero-order valence-electron chi connectivity index (χ0n) is 9.05. The molecule has 0 radical (unpaired) electrons. The zero-order chi connectivity index (χ0) is 10.6. The molecule has 2 atom stereocenters. The summed E-state index contributed by atoms with van der Waals surface area (Å²) < 4.78 is 1.15. The Morgan fingerprint density at radius 2 is 2.07 bits per heavy atom. The summed E-state index contributed by atoms with van der Waals surface area (Å²) >= 11 is 3.49. The zero-order valence-corrected chi connectivity index (χ0v) is 10.6. The van der Waals surface area contributed by atoms with E-state index in [0.717, 1.165) is 4.47 Å². The maximum atomic E-state index is 3.55. The number of rotatable bonds is 4. The molecule has 1 aromatic rings. The molecule has 0 amide bonds. The molecule has 1 nitrogen and oxygen atoms in total. The van der Waals surface area contributed by atoms with Crippen LogP contribution in [-0.2, 0) is 0 Å². The molecule has 1 N–H and O–H groups in total. The molecule has 0 aliphatic carbocycles. The smallest absolute Gasteiger partial charge is 0.0294 e. The van der Waals surface area contributed by atoms with Crippen molar-refractivity contribution in [2.45, 2.75) is 39.3 Å². The molecule has 0 fully saturated rings. The molecule has 0 heterocycles. The molecule has 0 bridgehead atoms. The lowest BCUT2D eigenvalue weighted by Gasteiger charge is -2.19. The molecule has 0 aliphatic rings. The van der Waals surface area contributed by atoms with Gasteiger partial charge in [-0.3, -0.25) is 0 Å². The second-order valence-corrected chi connectivity index (χ2v) is 4.67. The average molecular weight is 256 g/mol. The van der Waals surface area contributed by atoms with Crippen LogP contribution in [0.25, 0.3) is 0 Å². The van der Waals surface area contributed by atoms with Gasteiger partial charge in [0.15, 0.2) is 0 Å². The molecule has 1 aromatic carbocycles. The van der Waals surface area contributed by atoms with Gasteiger partial charge in [-0.15, -0.1) is 0 Å². The lowest BCUT2D eigenvalue weighted by atomic mass is 10.1. The first-order valence-corrected chi connectivity index (χ1v) is 5.94. The summed E-state index contributed by atoms with van der Waals surface area (Å²) in [5.74, 6) is 0. The van der Waals surface area contributed by atoms with Gasteiger partial charge in [-0.05, 0) is 38.0 Å². The summed E-state index contributed by atoms with van der Waals surface area (Å²) in [7, 11) is 0. The molecular formula is C12H18BrN. The van der Waals surface area contributed by atoms with Gasteiger partial charge in [0.05, 0.1) is 0 Å². The minimum atomic E-state index is 0.419. The van der Waals surface area contributed by atoms with Crippen LogP contribution in [0.2, 0.25) is 0 Å². The second-order valence-electron chi connectivity index (χ2n) is 3.75. The molecule has 0 saturated heterocycles. The van der Waals surface area contributed by atoms with Crippen LogP contribution >= 0.6 is 15.9 Å². The average Bonchev–Trinajstić information content (AvgIpc) is 2.17. The Labute approximate surface area is 95.0 Å². The standard InChI is InChI=1S/C12H18BrN/c1-4-9(2)14-10(3)11-6-5-7-12(13)8-11/h5-10,14H,4H2,1-3H3. The normalized spacial score (nSPS) is 15.1. The van der Waals surface area contributed by atoms with Crippen molar-refractivity contribution >= 4 is 15.9 Å². The van der Waals surface area contributed by atoms with Gasteiger partial charge in [0.1, 0.15) is 0 Å². The fourth-order valence-corrected chi connectivity index (χ4v) is 1.83. The van der Waals surface area contributed by atoms with E-state index >= 15 is 0 Å². The molecule has 2 unspecified atom stereocenters. The molecule has 0 saturated carbocycles. The number of nitrogens with one attached hydrogen (secondary N) is 1. The first-order chi connectivity index (χ1) is 6.63. The van der Waals surface area contributed by atoms with E-state index in [0.29, 0.717) is 12.1 Å². The first kappa shape index (κ1) is 11.7. The number of hydrogen-bond donors (Lipinski definition) is 1. The second kappa shape index (κ2) is 5.52. The van der Waals surface area contributed by atoms with Crippen LogP contribution in [0.15, 0.2) is 28.7 Å². The van der Waals surface area contributed by atoms with E-state index in [1.807, 2.05) is 0 Å². The van der Waals surface area contributed by atoms with Crippen molar-refractivity contribution in [1.29, 1.82) is 0 Å². The van der Waals surface area contributed by atoms with Crippen molar-refractivity contribution in [3.8, 4) is 0 Å². The van der Waals surface area contributed by atoms with Gasteiger partial charge >= 0.3 is 0 Å². The maximum absolute atomic E-state index is 3.55. The predicted molar refractivity (Wildman–Crippen MR) is 65.4 cm³/mol. The van der Waals surface area contributed by atoms with Gasteiger partial charge in [0.2, 0.25) is 0 Å². The number of benzene rings is 1. The van der Waals surface area contributed by atoms with E-state index in [9.17, 15) is 0 Å². The third kappa shape index (κ3) is 3.43. The van der Waals surface area contributed by atoms with E-state index in [-0.39, 0.29) is 0 Å². The van der Waals surface area contributed by atoms with E-state index in [1.54, 1.807) is 0 Å². The van der Waals surface area contributed by atoms with E-state index < -0.39 is 0 Å². The Bertz CT molecular complexity index is 285.